The normalized spacial score (nSPS) is 19.5. The number of benzene rings is 2. The van der Waals surface area contributed by atoms with E-state index in [9.17, 15) is 17.6 Å². The SMILES string of the molecule is C[C@H](C[C@H]1CC[C@@H](c2ccnc3ccc(F)cc32)CC1)Nc1nc(Cl)nc2cc(C(F)(F)F)ccc12. The van der Waals surface area contributed by atoms with E-state index in [1.54, 1.807) is 18.3 Å². The van der Waals surface area contributed by atoms with Crippen LogP contribution < -0.4 is 5.32 Å². The van der Waals surface area contributed by atoms with Gasteiger partial charge < -0.3 is 5.32 Å². The van der Waals surface area contributed by atoms with Crippen LogP contribution in [0.1, 0.15) is 56.1 Å². The lowest BCUT2D eigenvalue weighted by Crippen LogP contribution is -2.23. The van der Waals surface area contributed by atoms with Gasteiger partial charge in [-0.3, -0.25) is 4.98 Å². The number of halogens is 5. The molecular weight excluding hydrogens is 492 g/mol. The molecule has 1 aliphatic carbocycles. The van der Waals surface area contributed by atoms with Gasteiger partial charge in [-0.05, 0) is 110 Å². The number of nitrogens with one attached hydrogen (secondary N) is 1. The van der Waals surface area contributed by atoms with Gasteiger partial charge in [0.1, 0.15) is 11.6 Å². The van der Waals surface area contributed by atoms with Crippen LogP contribution in [0.4, 0.5) is 23.4 Å². The first kappa shape index (κ1) is 24.7. The molecule has 1 fully saturated rings. The number of alkyl halides is 3. The number of pyridine rings is 1. The van der Waals surface area contributed by atoms with Gasteiger partial charge in [-0.15, -0.1) is 0 Å². The third-order valence-electron chi connectivity index (χ3n) is 7.09. The summed E-state index contributed by atoms with van der Waals surface area (Å²) in [5.74, 6) is 1.04. The van der Waals surface area contributed by atoms with E-state index >= 15 is 0 Å². The summed E-state index contributed by atoms with van der Waals surface area (Å²) in [6, 6.07) is 10.2. The Morgan fingerprint density at radius 1 is 0.972 bits per heavy atom. The zero-order valence-electron chi connectivity index (χ0n) is 19.6. The second-order valence-corrected chi connectivity index (χ2v) is 9.97. The van der Waals surface area contributed by atoms with Gasteiger partial charge in [-0.1, -0.05) is 0 Å². The lowest BCUT2D eigenvalue weighted by Gasteiger charge is -2.31. The summed E-state index contributed by atoms with van der Waals surface area (Å²) in [6.45, 7) is 2.04. The molecule has 0 aliphatic heterocycles. The van der Waals surface area contributed by atoms with Crippen molar-refractivity contribution < 1.29 is 17.6 Å². The molecule has 4 nitrogen and oxygen atoms in total. The standard InChI is InChI=1S/C27H25ClF4N4/c1-15(34-25-21-8-6-18(27(30,31)32)13-24(21)35-26(28)36-25)12-16-2-4-17(5-3-16)20-10-11-33-23-9-7-19(29)14-22(20)23/h6-11,13-17H,2-5,12H2,1H3,(H,34,35,36)/t15-,16-,17+/m1/s1. The molecule has 1 aliphatic rings. The minimum Gasteiger partial charge on any atom is -0.367 e. The third kappa shape index (κ3) is 5.24. The number of anilines is 1. The Labute approximate surface area is 211 Å². The van der Waals surface area contributed by atoms with Crippen LogP contribution >= 0.6 is 11.6 Å². The largest absolute Gasteiger partial charge is 0.416 e. The van der Waals surface area contributed by atoms with Crippen molar-refractivity contribution in [3.05, 3.63) is 70.9 Å². The fourth-order valence-electron chi connectivity index (χ4n) is 5.38. The number of fused-ring (bicyclic) bond motifs is 2. The summed E-state index contributed by atoms with van der Waals surface area (Å²) in [5.41, 5.74) is 1.35. The summed E-state index contributed by atoms with van der Waals surface area (Å²) in [6.07, 6.45) is 2.32. The number of aromatic nitrogens is 3. The average Bonchev–Trinajstić information content (AvgIpc) is 2.83. The highest BCUT2D eigenvalue weighted by molar-refractivity contribution is 6.28. The number of hydrogen-bond acceptors (Lipinski definition) is 4. The van der Waals surface area contributed by atoms with E-state index in [1.807, 2.05) is 13.0 Å². The van der Waals surface area contributed by atoms with Gasteiger partial charge in [0.2, 0.25) is 5.28 Å². The van der Waals surface area contributed by atoms with Crippen molar-refractivity contribution in [2.45, 2.75) is 57.2 Å². The van der Waals surface area contributed by atoms with Crippen molar-refractivity contribution in [2.24, 2.45) is 5.92 Å². The topological polar surface area (TPSA) is 50.7 Å². The first-order chi connectivity index (χ1) is 17.2. The molecule has 2 aromatic heterocycles. The Balaban J connectivity index is 1.25. The van der Waals surface area contributed by atoms with Crippen LogP contribution in [-0.4, -0.2) is 21.0 Å². The van der Waals surface area contributed by atoms with Crippen LogP contribution in [0.25, 0.3) is 21.8 Å². The summed E-state index contributed by atoms with van der Waals surface area (Å²) >= 11 is 6.02. The van der Waals surface area contributed by atoms with Gasteiger partial charge in [0, 0.05) is 23.0 Å². The third-order valence-corrected chi connectivity index (χ3v) is 7.26. The Hall–Kier alpha value is -3.00. The molecule has 4 aromatic rings. The van der Waals surface area contributed by atoms with Crippen LogP contribution in [0.15, 0.2) is 48.7 Å². The lowest BCUT2D eigenvalue weighted by molar-refractivity contribution is -0.137. The molecule has 1 saturated carbocycles. The molecule has 2 heterocycles. The van der Waals surface area contributed by atoms with Gasteiger partial charge in [0.25, 0.3) is 0 Å². The Morgan fingerprint density at radius 3 is 2.50 bits per heavy atom. The summed E-state index contributed by atoms with van der Waals surface area (Å²) in [4.78, 5) is 12.6. The number of rotatable bonds is 5. The highest BCUT2D eigenvalue weighted by Gasteiger charge is 2.31. The molecule has 0 amide bonds. The smallest absolute Gasteiger partial charge is 0.367 e. The van der Waals surface area contributed by atoms with Gasteiger partial charge in [0.05, 0.1) is 16.6 Å². The fraction of sp³-hybridized carbons (Fsp3) is 0.370. The van der Waals surface area contributed by atoms with E-state index in [-0.39, 0.29) is 22.7 Å². The monoisotopic (exact) mass is 516 g/mol. The highest BCUT2D eigenvalue weighted by Crippen LogP contribution is 2.40. The second kappa shape index (κ2) is 9.81. The molecule has 0 bridgehead atoms. The van der Waals surface area contributed by atoms with Crippen molar-refractivity contribution in [2.75, 3.05) is 5.32 Å². The lowest BCUT2D eigenvalue weighted by atomic mass is 9.76. The Morgan fingerprint density at radius 2 is 1.75 bits per heavy atom. The van der Waals surface area contributed by atoms with Gasteiger partial charge in [0.15, 0.2) is 0 Å². The van der Waals surface area contributed by atoms with E-state index in [0.717, 1.165) is 60.7 Å². The van der Waals surface area contributed by atoms with Crippen molar-refractivity contribution in [1.29, 1.82) is 0 Å². The molecule has 1 atom stereocenters. The van der Waals surface area contributed by atoms with E-state index in [4.69, 9.17) is 11.6 Å². The van der Waals surface area contributed by atoms with E-state index in [1.165, 1.54) is 12.1 Å². The van der Waals surface area contributed by atoms with Crippen LogP contribution in [0.5, 0.6) is 0 Å². The molecule has 5 rings (SSSR count). The zero-order valence-corrected chi connectivity index (χ0v) is 20.4. The van der Waals surface area contributed by atoms with Crippen molar-refractivity contribution in [3.8, 4) is 0 Å². The van der Waals surface area contributed by atoms with Crippen molar-refractivity contribution >= 4 is 39.2 Å². The molecule has 0 saturated heterocycles. The maximum absolute atomic E-state index is 13.9. The molecule has 0 radical (unpaired) electrons. The van der Waals surface area contributed by atoms with Crippen LogP contribution in [0.3, 0.4) is 0 Å². The molecule has 2 aromatic carbocycles. The van der Waals surface area contributed by atoms with Crippen LogP contribution in [0, 0.1) is 11.7 Å². The Kier molecular flexibility index (Phi) is 6.72. The molecule has 188 valence electrons. The van der Waals surface area contributed by atoms with Gasteiger partial charge in [-0.25, -0.2) is 14.4 Å². The van der Waals surface area contributed by atoms with Crippen molar-refractivity contribution in [3.63, 3.8) is 0 Å². The van der Waals surface area contributed by atoms with E-state index in [2.05, 4.69) is 20.3 Å². The first-order valence-electron chi connectivity index (χ1n) is 12.0. The van der Waals surface area contributed by atoms with Crippen LogP contribution in [-0.2, 0) is 6.18 Å². The predicted molar refractivity (Wildman–Crippen MR) is 134 cm³/mol. The summed E-state index contributed by atoms with van der Waals surface area (Å²) in [5, 5.41) is 4.62. The average molecular weight is 517 g/mol. The molecular formula is C27H25ClF4N4. The minimum atomic E-state index is -4.46. The maximum atomic E-state index is 13.9. The Bertz CT molecular complexity index is 1400. The predicted octanol–water partition coefficient (Wildman–Crippen LogP) is 8.15. The zero-order chi connectivity index (χ0) is 25.4. The molecule has 36 heavy (non-hydrogen) atoms. The quantitative estimate of drug-likeness (QED) is 0.215. The van der Waals surface area contributed by atoms with Crippen molar-refractivity contribution in [1.82, 2.24) is 15.0 Å². The molecule has 0 spiro atoms. The maximum Gasteiger partial charge on any atom is 0.416 e. The highest BCUT2D eigenvalue weighted by atomic mass is 35.5. The van der Waals surface area contributed by atoms with Crippen LogP contribution in [0.2, 0.25) is 5.28 Å². The van der Waals surface area contributed by atoms with Gasteiger partial charge in [-0.2, -0.15) is 13.2 Å². The molecule has 0 unspecified atom stereocenters. The number of nitrogens with zero attached hydrogens (tertiary/aromatic N) is 3. The van der Waals surface area contributed by atoms with E-state index in [0.29, 0.717) is 23.0 Å². The van der Waals surface area contributed by atoms with Gasteiger partial charge >= 0.3 is 6.18 Å². The summed E-state index contributed by atoms with van der Waals surface area (Å²) < 4.78 is 53.2. The fourth-order valence-corrected chi connectivity index (χ4v) is 5.56. The molecule has 9 heteroatoms. The second-order valence-electron chi connectivity index (χ2n) is 9.63. The first-order valence-corrected chi connectivity index (χ1v) is 12.4. The minimum absolute atomic E-state index is 0.0406. The van der Waals surface area contributed by atoms with E-state index < -0.39 is 11.7 Å². The summed E-state index contributed by atoms with van der Waals surface area (Å²) in [7, 11) is 0. The molecule has 1 N–H and O–H groups in total. The number of hydrogen-bond donors (Lipinski definition) is 1.